The second kappa shape index (κ2) is 5.68. The van der Waals surface area contributed by atoms with E-state index in [4.69, 9.17) is 5.73 Å². The van der Waals surface area contributed by atoms with Gasteiger partial charge in [-0.25, -0.2) is 9.78 Å². The van der Waals surface area contributed by atoms with Gasteiger partial charge in [0.15, 0.2) is 0 Å². The third-order valence-electron chi connectivity index (χ3n) is 2.47. The summed E-state index contributed by atoms with van der Waals surface area (Å²) in [6.45, 7) is 1.03. The van der Waals surface area contributed by atoms with Crippen LogP contribution in [0.2, 0.25) is 0 Å². The number of primary amides is 1. The number of urea groups is 1. The number of amides is 2. The molecule has 94 valence electrons. The summed E-state index contributed by atoms with van der Waals surface area (Å²) in [5, 5.41) is 7.81. The highest BCUT2D eigenvalue weighted by molar-refractivity contribution is 9.10. The predicted octanol–water partition coefficient (Wildman–Crippen LogP) is 2.08. The number of hydrogen-bond donors (Lipinski definition) is 3. The number of pyridine rings is 1. The van der Waals surface area contributed by atoms with Crippen LogP contribution in [0.3, 0.4) is 0 Å². The summed E-state index contributed by atoms with van der Waals surface area (Å²) in [6.07, 6.45) is 1.75. The summed E-state index contributed by atoms with van der Waals surface area (Å²) in [6, 6.07) is 7.37. The summed E-state index contributed by atoms with van der Waals surface area (Å²) in [5.74, 6) is 0.792. The summed E-state index contributed by atoms with van der Waals surface area (Å²) >= 11 is 3.50. The van der Waals surface area contributed by atoms with E-state index in [2.05, 4.69) is 31.5 Å². The van der Waals surface area contributed by atoms with Gasteiger partial charge in [0.2, 0.25) is 0 Å². The zero-order valence-electron chi connectivity index (χ0n) is 9.61. The van der Waals surface area contributed by atoms with Crippen molar-refractivity contribution in [2.45, 2.75) is 0 Å². The van der Waals surface area contributed by atoms with E-state index in [1.165, 1.54) is 0 Å². The molecule has 0 aliphatic rings. The molecule has 0 fully saturated rings. The van der Waals surface area contributed by atoms with E-state index in [1.807, 2.05) is 24.3 Å². The Bertz CT molecular complexity index is 573. The van der Waals surface area contributed by atoms with E-state index in [9.17, 15) is 4.79 Å². The molecule has 0 aliphatic carbocycles. The first-order valence-corrected chi connectivity index (χ1v) is 6.28. The van der Waals surface area contributed by atoms with Gasteiger partial charge in [-0.15, -0.1) is 0 Å². The van der Waals surface area contributed by atoms with Crippen molar-refractivity contribution in [1.82, 2.24) is 10.3 Å². The Labute approximate surface area is 113 Å². The molecule has 0 unspecified atom stereocenters. The van der Waals surface area contributed by atoms with Gasteiger partial charge in [0.05, 0.1) is 0 Å². The van der Waals surface area contributed by atoms with Gasteiger partial charge in [-0.05, 0) is 12.1 Å². The quantitative estimate of drug-likeness (QED) is 0.757. The van der Waals surface area contributed by atoms with Crippen LogP contribution in [-0.4, -0.2) is 24.1 Å². The van der Waals surface area contributed by atoms with Crippen LogP contribution in [0.1, 0.15) is 0 Å². The van der Waals surface area contributed by atoms with Crippen molar-refractivity contribution in [1.29, 1.82) is 0 Å². The minimum absolute atomic E-state index is 0.460. The molecule has 0 saturated heterocycles. The molecular formula is C12H13BrN4O. The van der Waals surface area contributed by atoms with Crippen LogP contribution in [0.15, 0.2) is 34.9 Å². The van der Waals surface area contributed by atoms with Gasteiger partial charge >= 0.3 is 6.03 Å². The number of benzene rings is 1. The maximum atomic E-state index is 10.5. The van der Waals surface area contributed by atoms with Crippen LogP contribution >= 0.6 is 15.9 Å². The van der Waals surface area contributed by atoms with Crippen LogP contribution in [0.5, 0.6) is 0 Å². The number of rotatable bonds is 4. The molecule has 1 aromatic heterocycles. The smallest absolute Gasteiger partial charge is 0.312 e. The highest BCUT2D eigenvalue weighted by atomic mass is 79.9. The number of carbonyl (C=O) groups is 1. The summed E-state index contributed by atoms with van der Waals surface area (Å²) in [4.78, 5) is 14.8. The lowest BCUT2D eigenvalue weighted by Gasteiger charge is -2.09. The second-order valence-corrected chi connectivity index (χ2v) is 4.57. The molecule has 4 N–H and O–H groups in total. The largest absolute Gasteiger partial charge is 0.368 e. The molecule has 0 radical (unpaired) electrons. The van der Waals surface area contributed by atoms with Crippen molar-refractivity contribution in [2.75, 3.05) is 18.4 Å². The number of fused-ring (bicyclic) bond motifs is 1. The summed E-state index contributed by atoms with van der Waals surface area (Å²) in [7, 11) is 0. The summed E-state index contributed by atoms with van der Waals surface area (Å²) < 4.78 is 1.03. The topological polar surface area (TPSA) is 80.0 Å². The van der Waals surface area contributed by atoms with Crippen molar-refractivity contribution < 1.29 is 4.79 Å². The van der Waals surface area contributed by atoms with Gasteiger partial charge in [-0.3, -0.25) is 0 Å². The number of anilines is 1. The van der Waals surface area contributed by atoms with Crippen molar-refractivity contribution in [3.05, 3.63) is 34.9 Å². The van der Waals surface area contributed by atoms with Crippen LogP contribution in [0.25, 0.3) is 10.8 Å². The molecule has 1 aromatic carbocycles. The van der Waals surface area contributed by atoms with Gasteiger partial charge in [-0.1, -0.05) is 28.1 Å². The molecule has 0 atom stereocenters. The fraction of sp³-hybridized carbons (Fsp3) is 0.167. The third-order valence-corrected chi connectivity index (χ3v) is 3.16. The zero-order chi connectivity index (χ0) is 13.0. The number of aromatic nitrogens is 1. The zero-order valence-corrected chi connectivity index (χ0v) is 11.2. The Morgan fingerprint density at radius 3 is 2.89 bits per heavy atom. The fourth-order valence-corrected chi connectivity index (χ4v) is 2.17. The molecule has 0 bridgehead atoms. The SMILES string of the molecule is NC(=O)NCCNc1nccc2c(Br)cccc12. The monoisotopic (exact) mass is 308 g/mol. The third kappa shape index (κ3) is 2.89. The lowest BCUT2D eigenvalue weighted by atomic mass is 10.1. The van der Waals surface area contributed by atoms with Gasteiger partial charge in [-0.2, -0.15) is 0 Å². The number of nitrogens with two attached hydrogens (primary N) is 1. The van der Waals surface area contributed by atoms with Crippen molar-refractivity contribution >= 4 is 38.6 Å². The maximum Gasteiger partial charge on any atom is 0.312 e. The Balaban J connectivity index is 2.13. The fourth-order valence-electron chi connectivity index (χ4n) is 1.68. The average molecular weight is 309 g/mol. The first-order valence-electron chi connectivity index (χ1n) is 5.49. The highest BCUT2D eigenvalue weighted by Crippen LogP contribution is 2.27. The molecule has 18 heavy (non-hydrogen) atoms. The minimum Gasteiger partial charge on any atom is -0.368 e. The Hall–Kier alpha value is -1.82. The van der Waals surface area contributed by atoms with Crippen LogP contribution in [0.4, 0.5) is 10.6 Å². The molecule has 0 saturated carbocycles. The summed E-state index contributed by atoms with van der Waals surface area (Å²) in [5.41, 5.74) is 4.98. The van der Waals surface area contributed by atoms with E-state index in [0.717, 1.165) is 21.1 Å². The first-order chi connectivity index (χ1) is 8.68. The lowest BCUT2D eigenvalue weighted by molar-refractivity contribution is 0.249. The first kappa shape index (κ1) is 12.6. The number of hydrogen-bond acceptors (Lipinski definition) is 3. The Morgan fingerprint density at radius 2 is 2.11 bits per heavy atom. The van der Waals surface area contributed by atoms with Gasteiger partial charge < -0.3 is 16.4 Å². The van der Waals surface area contributed by atoms with Crippen LogP contribution in [0, 0.1) is 0 Å². The molecule has 6 heteroatoms. The van der Waals surface area contributed by atoms with Gasteiger partial charge in [0.25, 0.3) is 0 Å². The molecule has 2 amide bonds. The number of carbonyl (C=O) groups excluding carboxylic acids is 1. The number of nitrogens with one attached hydrogen (secondary N) is 2. The van der Waals surface area contributed by atoms with E-state index < -0.39 is 6.03 Å². The van der Waals surface area contributed by atoms with Crippen LogP contribution in [-0.2, 0) is 0 Å². The lowest BCUT2D eigenvalue weighted by Crippen LogP contribution is -2.33. The molecule has 2 aromatic rings. The minimum atomic E-state index is -0.523. The molecule has 5 nitrogen and oxygen atoms in total. The van der Waals surface area contributed by atoms with E-state index in [0.29, 0.717) is 13.1 Å². The van der Waals surface area contributed by atoms with Gasteiger partial charge in [0.1, 0.15) is 5.82 Å². The molecular weight excluding hydrogens is 296 g/mol. The molecule has 2 rings (SSSR count). The van der Waals surface area contributed by atoms with Crippen molar-refractivity contribution in [3.8, 4) is 0 Å². The standard InChI is InChI=1S/C12H13BrN4O/c13-10-3-1-2-9-8(10)4-5-15-11(9)16-6-7-17-12(14)18/h1-5H,6-7H2,(H,15,16)(H3,14,17,18). The normalized spacial score (nSPS) is 10.3. The number of halogens is 1. The molecule has 1 heterocycles. The second-order valence-electron chi connectivity index (χ2n) is 3.71. The molecule has 0 spiro atoms. The van der Waals surface area contributed by atoms with E-state index >= 15 is 0 Å². The Morgan fingerprint density at radius 1 is 1.28 bits per heavy atom. The van der Waals surface area contributed by atoms with Crippen LogP contribution < -0.4 is 16.4 Å². The highest BCUT2D eigenvalue weighted by Gasteiger charge is 2.03. The van der Waals surface area contributed by atoms with E-state index in [-0.39, 0.29) is 0 Å². The number of nitrogens with zero attached hydrogens (tertiary/aromatic N) is 1. The van der Waals surface area contributed by atoms with Crippen molar-refractivity contribution in [2.24, 2.45) is 5.73 Å². The molecule has 0 aliphatic heterocycles. The average Bonchev–Trinajstić information content (AvgIpc) is 2.35. The maximum absolute atomic E-state index is 10.5. The predicted molar refractivity (Wildman–Crippen MR) is 75.5 cm³/mol. The van der Waals surface area contributed by atoms with E-state index in [1.54, 1.807) is 6.20 Å². The van der Waals surface area contributed by atoms with Crippen molar-refractivity contribution in [3.63, 3.8) is 0 Å². The Kier molecular flexibility index (Phi) is 3.99. The van der Waals surface area contributed by atoms with Gasteiger partial charge in [0, 0.05) is 34.5 Å².